The largest absolute Gasteiger partial charge is 0.398 e. The van der Waals surface area contributed by atoms with Crippen molar-refractivity contribution >= 4 is 15.7 Å². The average Bonchev–Trinajstić information content (AvgIpc) is 2.83. The first-order chi connectivity index (χ1) is 8.87. The normalized spacial score (nSPS) is 20.9. The quantitative estimate of drug-likeness (QED) is 0.849. The fraction of sp³-hybridized carbons (Fsp3) is 0.538. The molecule has 1 saturated heterocycles. The Morgan fingerprint density at radius 3 is 2.63 bits per heavy atom. The molecule has 0 spiro atoms. The molecular formula is C13H20N2O3S. The maximum atomic E-state index is 12.7. The van der Waals surface area contributed by atoms with E-state index in [4.69, 9.17) is 10.5 Å². The number of benzene rings is 1. The van der Waals surface area contributed by atoms with Crippen LogP contribution < -0.4 is 5.73 Å². The third kappa shape index (κ3) is 2.48. The van der Waals surface area contributed by atoms with Gasteiger partial charge in [0, 0.05) is 20.2 Å². The first kappa shape index (κ1) is 14.3. The van der Waals surface area contributed by atoms with Gasteiger partial charge in [0.2, 0.25) is 10.0 Å². The summed E-state index contributed by atoms with van der Waals surface area (Å²) in [5.41, 5.74) is 7.83. The molecule has 6 heteroatoms. The maximum absolute atomic E-state index is 12.7. The number of ether oxygens (including phenoxy) is 1. The van der Waals surface area contributed by atoms with Crippen molar-refractivity contribution in [1.29, 1.82) is 0 Å². The van der Waals surface area contributed by atoms with Gasteiger partial charge in [0.25, 0.3) is 0 Å². The summed E-state index contributed by atoms with van der Waals surface area (Å²) in [6.07, 6.45) is 0.696. The van der Waals surface area contributed by atoms with Crippen LogP contribution in [-0.2, 0) is 14.8 Å². The van der Waals surface area contributed by atoms with Gasteiger partial charge in [0.15, 0.2) is 0 Å². The topological polar surface area (TPSA) is 72.6 Å². The van der Waals surface area contributed by atoms with Crippen LogP contribution in [0.2, 0.25) is 0 Å². The monoisotopic (exact) mass is 284 g/mol. The molecule has 5 nitrogen and oxygen atoms in total. The van der Waals surface area contributed by atoms with Crippen molar-refractivity contribution in [2.75, 3.05) is 25.9 Å². The van der Waals surface area contributed by atoms with Gasteiger partial charge in [-0.05, 0) is 37.5 Å². The van der Waals surface area contributed by atoms with Crippen LogP contribution in [0.1, 0.15) is 17.5 Å². The number of nitrogens with two attached hydrogens (primary N) is 1. The second-order valence-electron chi connectivity index (χ2n) is 4.94. The SMILES string of the molecule is COC1CCN(S(=O)(=O)c2c(N)ccc(C)c2C)C1. The lowest BCUT2D eigenvalue weighted by Crippen LogP contribution is -2.31. The summed E-state index contributed by atoms with van der Waals surface area (Å²) in [6, 6.07) is 3.49. The second-order valence-corrected chi connectivity index (χ2v) is 6.81. The van der Waals surface area contributed by atoms with E-state index in [1.54, 1.807) is 20.1 Å². The van der Waals surface area contributed by atoms with Gasteiger partial charge in [0.05, 0.1) is 11.8 Å². The summed E-state index contributed by atoms with van der Waals surface area (Å²) in [4.78, 5) is 0.240. The highest BCUT2D eigenvalue weighted by Crippen LogP contribution is 2.30. The molecule has 1 heterocycles. The van der Waals surface area contributed by atoms with Crippen LogP contribution in [0, 0.1) is 13.8 Å². The zero-order chi connectivity index (χ0) is 14.2. The van der Waals surface area contributed by atoms with Crippen molar-refractivity contribution in [3.8, 4) is 0 Å². The number of hydrogen-bond donors (Lipinski definition) is 1. The molecule has 19 heavy (non-hydrogen) atoms. The highest BCUT2D eigenvalue weighted by atomic mass is 32.2. The summed E-state index contributed by atoms with van der Waals surface area (Å²) in [5.74, 6) is 0. The Hall–Kier alpha value is -1.11. The molecule has 0 aromatic heterocycles. The molecular weight excluding hydrogens is 264 g/mol. The van der Waals surface area contributed by atoms with Crippen LogP contribution in [0.5, 0.6) is 0 Å². The van der Waals surface area contributed by atoms with E-state index in [1.807, 2.05) is 13.0 Å². The molecule has 0 bridgehead atoms. The lowest BCUT2D eigenvalue weighted by atomic mass is 10.1. The highest BCUT2D eigenvalue weighted by Gasteiger charge is 2.34. The first-order valence-electron chi connectivity index (χ1n) is 6.26. The van der Waals surface area contributed by atoms with Gasteiger partial charge in [-0.25, -0.2) is 8.42 Å². The molecule has 1 aliphatic heterocycles. The minimum atomic E-state index is -3.54. The highest BCUT2D eigenvalue weighted by molar-refractivity contribution is 7.89. The minimum Gasteiger partial charge on any atom is -0.398 e. The van der Waals surface area contributed by atoms with E-state index in [1.165, 1.54) is 4.31 Å². The summed E-state index contributed by atoms with van der Waals surface area (Å²) in [6.45, 7) is 4.55. The Kier molecular flexibility index (Phi) is 3.85. The van der Waals surface area contributed by atoms with E-state index in [9.17, 15) is 8.42 Å². The van der Waals surface area contributed by atoms with E-state index in [0.717, 1.165) is 17.5 Å². The van der Waals surface area contributed by atoms with E-state index < -0.39 is 10.0 Å². The molecule has 106 valence electrons. The standard InChI is InChI=1S/C13H20N2O3S/c1-9-4-5-12(14)13(10(9)2)19(16,17)15-7-6-11(8-15)18-3/h4-5,11H,6-8,14H2,1-3H3. The molecule has 0 aliphatic carbocycles. The first-order valence-corrected chi connectivity index (χ1v) is 7.70. The van der Waals surface area contributed by atoms with Crippen molar-refractivity contribution in [3.05, 3.63) is 23.3 Å². The molecule has 1 atom stereocenters. The predicted molar refractivity (Wildman–Crippen MR) is 74.5 cm³/mol. The Morgan fingerprint density at radius 2 is 2.05 bits per heavy atom. The van der Waals surface area contributed by atoms with E-state index in [-0.39, 0.29) is 11.0 Å². The average molecular weight is 284 g/mol. The fourth-order valence-electron chi connectivity index (χ4n) is 2.39. The number of nitrogen functional groups attached to an aromatic ring is 1. The third-order valence-electron chi connectivity index (χ3n) is 3.75. The van der Waals surface area contributed by atoms with E-state index >= 15 is 0 Å². The second kappa shape index (κ2) is 5.11. The van der Waals surface area contributed by atoms with Gasteiger partial charge in [-0.2, -0.15) is 4.31 Å². The Bertz CT molecular complexity index is 584. The van der Waals surface area contributed by atoms with Crippen molar-refractivity contribution < 1.29 is 13.2 Å². The Labute approximate surface area is 114 Å². The molecule has 1 aromatic carbocycles. The number of rotatable bonds is 3. The Balaban J connectivity index is 2.44. The molecule has 1 aromatic rings. The van der Waals surface area contributed by atoms with Crippen LogP contribution in [0.15, 0.2) is 17.0 Å². The molecule has 0 saturated carbocycles. The number of aryl methyl sites for hydroxylation is 1. The van der Waals surface area contributed by atoms with E-state index in [0.29, 0.717) is 18.8 Å². The van der Waals surface area contributed by atoms with Crippen LogP contribution in [0.3, 0.4) is 0 Å². The van der Waals surface area contributed by atoms with Crippen molar-refractivity contribution in [1.82, 2.24) is 4.31 Å². The number of hydrogen-bond acceptors (Lipinski definition) is 4. The maximum Gasteiger partial charge on any atom is 0.245 e. The van der Waals surface area contributed by atoms with E-state index in [2.05, 4.69) is 0 Å². The van der Waals surface area contributed by atoms with Crippen LogP contribution in [-0.4, -0.2) is 39.0 Å². The van der Waals surface area contributed by atoms with Gasteiger partial charge in [-0.3, -0.25) is 0 Å². The zero-order valence-electron chi connectivity index (χ0n) is 11.5. The fourth-order valence-corrected chi connectivity index (χ4v) is 4.27. The minimum absolute atomic E-state index is 0.0267. The lowest BCUT2D eigenvalue weighted by Gasteiger charge is -2.20. The summed E-state index contributed by atoms with van der Waals surface area (Å²) >= 11 is 0. The smallest absolute Gasteiger partial charge is 0.245 e. The molecule has 2 rings (SSSR count). The summed E-state index contributed by atoms with van der Waals surface area (Å²) in [7, 11) is -1.93. The number of nitrogens with zero attached hydrogens (tertiary/aromatic N) is 1. The van der Waals surface area contributed by atoms with Gasteiger partial charge < -0.3 is 10.5 Å². The third-order valence-corrected chi connectivity index (χ3v) is 5.82. The predicted octanol–water partition coefficient (Wildman–Crippen LogP) is 1.30. The molecule has 0 amide bonds. The molecule has 0 radical (unpaired) electrons. The molecule has 1 unspecified atom stereocenters. The van der Waals surface area contributed by atoms with Gasteiger partial charge in [-0.15, -0.1) is 0 Å². The number of methoxy groups -OCH3 is 1. The van der Waals surface area contributed by atoms with Crippen molar-refractivity contribution in [3.63, 3.8) is 0 Å². The van der Waals surface area contributed by atoms with Gasteiger partial charge in [0.1, 0.15) is 4.90 Å². The molecule has 1 aliphatic rings. The van der Waals surface area contributed by atoms with Crippen LogP contribution in [0.25, 0.3) is 0 Å². The van der Waals surface area contributed by atoms with Crippen molar-refractivity contribution in [2.24, 2.45) is 0 Å². The Morgan fingerprint density at radius 1 is 1.37 bits per heavy atom. The van der Waals surface area contributed by atoms with Crippen LogP contribution in [0.4, 0.5) is 5.69 Å². The van der Waals surface area contributed by atoms with Gasteiger partial charge in [-0.1, -0.05) is 6.07 Å². The summed E-state index contributed by atoms with van der Waals surface area (Å²) < 4.78 is 32.0. The summed E-state index contributed by atoms with van der Waals surface area (Å²) in [5, 5.41) is 0. The van der Waals surface area contributed by atoms with Crippen LogP contribution >= 0.6 is 0 Å². The van der Waals surface area contributed by atoms with Crippen molar-refractivity contribution in [2.45, 2.75) is 31.3 Å². The number of anilines is 1. The zero-order valence-corrected chi connectivity index (χ0v) is 12.3. The number of sulfonamides is 1. The molecule has 1 fully saturated rings. The lowest BCUT2D eigenvalue weighted by molar-refractivity contribution is 0.115. The van der Waals surface area contributed by atoms with Gasteiger partial charge >= 0.3 is 0 Å². The molecule has 2 N–H and O–H groups in total.